The van der Waals surface area contributed by atoms with Crippen molar-refractivity contribution in [3.63, 3.8) is 0 Å². The first kappa shape index (κ1) is 21.8. The molecule has 7 nitrogen and oxygen atoms in total. The highest BCUT2D eigenvalue weighted by Crippen LogP contribution is 2.27. The fraction of sp³-hybridized carbons (Fsp3) is 0.300. The standard InChI is InChI=1S/C18H23NO2.C2H2O4/c1-12-6-7-17(20-4)16(8-12)19-11-15-9-14(3)18(21-5)10-13(15)2;3-1(4)2(5)6/h6-10,19H,11H2,1-5H3;(H,3,4)(H,5,6). The van der Waals surface area contributed by atoms with Crippen LogP contribution >= 0.6 is 0 Å². The molecule has 0 atom stereocenters. The molecule has 0 aliphatic heterocycles. The van der Waals surface area contributed by atoms with Gasteiger partial charge in [0, 0.05) is 6.54 Å². The van der Waals surface area contributed by atoms with Crippen LogP contribution in [0, 0.1) is 20.8 Å². The molecule has 0 amide bonds. The Morgan fingerprint density at radius 2 is 1.48 bits per heavy atom. The van der Waals surface area contributed by atoms with Crippen LogP contribution in [0.3, 0.4) is 0 Å². The fourth-order valence-electron chi connectivity index (χ4n) is 2.41. The highest BCUT2D eigenvalue weighted by atomic mass is 16.5. The normalized spacial score (nSPS) is 9.67. The number of aliphatic carboxylic acids is 2. The van der Waals surface area contributed by atoms with E-state index < -0.39 is 11.9 Å². The molecule has 0 bridgehead atoms. The summed E-state index contributed by atoms with van der Waals surface area (Å²) >= 11 is 0. The number of carbonyl (C=O) groups is 2. The van der Waals surface area contributed by atoms with Crippen molar-refractivity contribution in [2.45, 2.75) is 27.3 Å². The van der Waals surface area contributed by atoms with Crippen LogP contribution in [0.4, 0.5) is 5.69 Å². The molecule has 0 aliphatic rings. The van der Waals surface area contributed by atoms with Gasteiger partial charge in [-0.1, -0.05) is 12.1 Å². The summed E-state index contributed by atoms with van der Waals surface area (Å²) in [6.07, 6.45) is 0. The molecule has 27 heavy (non-hydrogen) atoms. The molecule has 7 heteroatoms. The van der Waals surface area contributed by atoms with Crippen LogP contribution in [-0.2, 0) is 16.1 Å². The van der Waals surface area contributed by atoms with Crippen LogP contribution in [-0.4, -0.2) is 36.4 Å². The molecule has 2 aromatic carbocycles. The van der Waals surface area contributed by atoms with Gasteiger partial charge in [-0.3, -0.25) is 0 Å². The van der Waals surface area contributed by atoms with E-state index >= 15 is 0 Å². The van der Waals surface area contributed by atoms with Gasteiger partial charge in [-0.2, -0.15) is 0 Å². The topological polar surface area (TPSA) is 105 Å². The Hall–Kier alpha value is -3.22. The Kier molecular flexibility index (Phi) is 8.13. The number of benzene rings is 2. The minimum Gasteiger partial charge on any atom is -0.496 e. The number of carboxylic acids is 2. The minimum atomic E-state index is -1.82. The summed E-state index contributed by atoms with van der Waals surface area (Å²) in [5, 5.41) is 18.2. The van der Waals surface area contributed by atoms with Gasteiger partial charge in [-0.15, -0.1) is 0 Å². The number of methoxy groups -OCH3 is 2. The monoisotopic (exact) mass is 375 g/mol. The van der Waals surface area contributed by atoms with E-state index in [9.17, 15) is 0 Å². The van der Waals surface area contributed by atoms with Crippen molar-refractivity contribution >= 4 is 17.6 Å². The van der Waals surface area contributed by atoms with Gasteiger partial charge in [0.15, 0.2) is 0 Å². The largest absolute Gasteiger partial charge is 0.496 e. The molecule has 0 aliphatic carbocycles. The van der Waals surface area contributed by atoms with E-state index in [0.717, 1.165) is 29.3 Å². The van der Waals surface area contributed by atoms with Crippen LogP contribution in [0.15, 0.2) is 30.3 Å². The van der Waals surface area contributed by atoms with E-state index in [-0.39, 0.29) is 0 Å². The number of aryl methyl sites for hydroxylation is 3. The fourth-order valence-corrected chi connectivity index (χ4v) is 2.41. The van der Waals surface area contributed by atoms with Crippen molar-refractivity contribution in [2.75, 3.05) is 19.5 Å². The second-order valence-corrected chi connectivity index (χ2v) is 5.92. The number of ether oxygens (including phenoxy) is 2. The highest BCUT2D eigenvalue weighted by Gasteiger charge is 2.07. The Balaban J connectivity index is 0.000000527. The summed E-state index contributed by atoms with van der Waals surface area (Å²) in [5.41, 5.74) is 5.86. The van der Waals surface area contributed by atoms with Gasteiger partial charge in [0.25, 0.3) is 0 Å². The van der Waals surface area contributed by atoms with Gasteiger partial charge >= 0.3 is 11.9 Å². The maximum atomic E-state index is 9.10. The van der Waals surface area contributed by atoms with Crippen LogP contribution in [0.2, 0.25) is 0 Å². The van der Waals surface area contributed by atoms with E-state index in [1.54, 1.807) is 14.2 Å². The zero-order valence-corrected chi connectivity index (χ0v) is 16.1. The van der Waals surface area contributed by atoms with Crippen LogP contribution in [0.1, 0.15) is 22.3 Å². The molecule has 0 heterocycles. The summed E-state index contributed by atoms with van der Waals surface area (Å²) < 4.78 is 10.8. The molecule has 0 spiro atoms. The van der Waals surface area contributed by atoms with Gasteiger partial charge in [0.05, 0.1) is 19.9 Å². The van der Waals surface area contributed by atoms with Crippen molar-refractivity contribution in [2.24, 2.45) is 0 Å². The molecule has 0 unspecified atom stereocenters. The average Bonchev–Trinajstić information content (AvgIpc) is 2.62. The second kappa shape index (κ2) is 10.1. The maximum Gasteiger partial charge on any atom is 0.414 e. The molecular formula is C20H25NO6. The number of hydrogen-bond donors (Lipinski definition) is 3. The molecule has 0 saturated carbocycles. The molecule has 0 fully saturated rings. The predicted octanol–water partition coefficient (Wildman–Crippen LogP) is 3.40. The Morgan fingerprint density at radius 3 is 2.00 bits per heavy atom. The van der Waals surface area contributed by atoms with Crippen molar-refractivity contribution < 1.29 is 29.3 Å². The van der Waals surface area contributed by atoms with Crippen molar-refractivity contribution in [3.05, 3.63) is 52.6 Å². The van der Waals surface area contributed by atoms with Gasteiger partial charge in [-0.05, 0) is 61.2 Å². The zero-order valence-electron chi connectivity index (χ0n) is 16.1. The van der Waals surface area contributed by atoms with Gasteiger partial charge < -0.3 is 25.0 Å². The lowest BCUT2D eigenvalue weighted by Crippen LogP contribution is -2.09. The molecule has 146 valence electrons. The van der Waals surface area contributed by atoms with Gasteiger partial charge in [0.1, 0.15) is 11.5 Å². The number of hydrogen-bond acceptors (Lipinski definition) is 5. The molecular weight excluding hydrogens is 350 g/mol. The molecule has 0 aromatic heterocycles. The van der Waals surface area contributed by atoms with Crippen molar-refractivity contribution in [1.82, 2.24) is 0 Å². The van der Waals surface area contributed by atoms with Gasteiger partial charge in [-0.25, -0.2) is 9.59 Å². The summed E-state index contributed by atoms with van der Waals surface area (Å²) in [4.78, 5) is 18.2. The Morgan fingerprint density at radius 1 is 0.889 bits per heavy atom. The first-order chi connectivity index (χ1) is 12.7. The molecule has 2 aromatic rings. The third kappa shape index (κ3) is 6.54. The lowest BCUT2D eigenvalue weighted by molar-refractivity contribution is -0.159. The average molecular weight is 375 g/mol. The minimum absolute atomic E-state index is 0.760. The maximum absolute atomic E-state index is 9.10. The SMILES string of the molecule is COc1cc(C)c(CNc2cc(C)ccc2OC)cc1C.O=C(O)C(=O)O. The van der Waals surface area contributed by atoms with E-state index in [2.05, 4.69) is 44.3 Å². The van der Waals surface area contributed by atoms with Gasteiger partial charge in [0.2, 0.25) is 0 Å². The number of rotatable bonds is 5. The first-order valence-electron chi connectivity index (χ1n) is 8.18. The van der Waals surface area contributed by atoms with Crippen molar-refractivity contribution in [1.29, 1.82) is 0 Å². The summed E-state index contributed by atoms with van der Waals surface area (Å²) in [6.45, 7) is 7.01. The number of carboxylic acid groups (broad SMARTS) is 2. The lowest BCUT2D eigenvalue weighted by atomic mass is 10.0. The molecule has 0 saturated heterocycles. The number of anilines is 1. The number of nitrogens with one attached hydrogen (secondary N) is 1. The van der Waals surface area contributed by atoms with E-state index in [1.807, 2.05) is 12.1 Å². The molecule has 0 radical (unpaired) electrons. The van der Waals surface area contributed by atoms with E-state index in [4.69, 9.17) is 29.3 Å². The van der Waals surface area contributed by atoms with Crippen LogP contribution in [0.5, 0.6) is 11.5 Å². The molecule has 2 rings (SSSR count). The zero-order chi connectivity index (χ0) is 20.6. The Bertz CT molecular complexity index is 804. The second-order valence-electron chi connectivity index (χ2n) is 5.92. The van der Waals surface area contributed by atoms with E-state index in [0.29, 0.717) is 0 Å². The quantitative estimate of drug-likeness (QED) is 0.688. The first-order valence-corrected chi connectivity index (χ1v) is 8.18. The predicted molar refractivity (Wildman–Crippen MR) is 103 cm³/mol. The van der Waals surface area contributed by atoms with E-state index in [1.165, 1.54) is 16.7 Å². The summed E-state index contributed by atoms with van der Waals surface area (Å²) in [6, 6.07) is 10.4. The van der Waals surface area contributed by atoms with Crippen molar-refractivity contribution in [3.8, 4) is 11.5 Å². The third-order valence-electron chi connectivity index (χ3n) is 3.86. The summed E-state index contributed by atoms with van der Waals surface area (Å²) in [5.74, 6) is -1.85. The third-order valence-corrected chi connectivity index (χ3v) is 3.86. The summed E-state index contributed by atoms with van der Waals surface area (Å²) in [7, 11) is 3.40. The highest BCUT2D eigenvalue weighted by molar-refractivity contribution is 6.27. The Labute approximate surface area is 158 Å². The smallest absolute Gasteiger partial charge is 0.414 e. The van der Waals surface area contributed by atoms with Crippen LogP contribution < -0.4 is 14.8 Å². The molecule has 3 N–H and O–H groups in total. The van der Waals surface area contributed by atoms with Crippen LogP contribution in [0.25, 0.3) is 0 Å². The lowest BCUT2D eigenvalue weighted by Gasteiger charge is -2.15.